The summed E-state index contributed by atoms with van der Waals surface area (Å²) >= 11 is 4.59. The van der Waals surface area contributed by atoms with E-state index in [-0.39, 0.29) is 5.97 Å². The molecule has 3 nitrogen and oxygen atoms in total. The largest absolute Gasteiger partial charge is 0.462 e. The van der Waals surface area contributed by atoms with Gasteiger partial charge in [0.2, 0.25) is 0 Å². The maximum Gasteiger partial charge on any atom is 0.348 e. The first-order chi connectivity index (χ1) is 6.70. The van der Waals surface area contributed by atoms with E-state index in [9.17, 15) is 4.79 Å². The fourth-order valence-corrected chi connectivity index (χ4v) is 2.58. The van der Waals surface area contributed by atoms with Gasteiger partial charge in [-0.3, -0.25) is 0 Å². The maximum absolute atomic E-state index is 11.3. The van der Waals surface area contributed by atoms with Gasteiger partial charge in [-0.25, -0.2) is 4.79 Å². The van der Waals surface area contributed by atoms with Crippen LogP contribution in [0.1, 0.15) is 16.6 Å². The molecule has 2 heterocycles. The molecule has 0 bridgehead atoms. The van der Waals surface area contributed by atoms with E-state index in [2.05, 4.69) is 15.9 Å². The van der Waals surface area contributed by atoms with E-state index in [0.29, 0.717) is 21.7 Å². The van der Waals surface area contributed by atoms with Crippen molar-refractivity contribution in [3.63, 3.8) is 0 Å². The maximum atomic E-state index is 11.3. The molecule has 5 heteroatoms. The Bertz CT molecular complexity index is 440. The second-order valence-electron chi connectivity index (χ2n) is 2.61. The summed E-state index contributed by atoms with van der Waals surface area (Å²) in [6.07, 6.45) is 0. The lowest BCUT2D eigenvalue weighted by atomic mass is 10.4. The van der Waals surface area contributed by atoms with Gasteiger partial charge in [-0.1, -0.05) is 0 Å². The number of fused-ring (bicyclic) bond motifs is 1. The van der Waals surface area contributed by atoms with E-state index in [0.717, 1.165) is 4.70 Å². The van der Waals surface area contributed by atoms with Gasteiger partial charge in [-0.15, -0.1) is 11.3 Å². The molecule has 0 radical (unpaired) electrons. The van der Waals surface area contributed by atoms with Gasteiger partial charge in [0.25, 0.3) is 0 Å². The minimum Gasteiger partial charge on any atom is -0.462 e. The molecule has 0 N–H and O–H groups in total. The standard InChI is InChI=1S/C9H7BrO3S/c1-2-12-9(11)7-3-5-6(14-7)4-8(10)13-5/h3-4H,2H2,1H3. The van der Waals surface area contributed by atoms with Crippen LogP contribution < -0.4 is 0 Å². The lowest BCUT2D eigenvalue weighted by Gasteiger charge is -1.95. The van der Waals surface area contributed by atoms with Crippen LogP contribution in [0.25, 0.3) is 10.3 Å². The fraction of sp³-hybridized carbons (Fsp3) is 0.222. The van der Waals surface area contributed by atoms with Crippen LogP contribution in [-0.4, -0.2) is 12.6 Å². The monoisotopic (exact) mass is 274 g/mol. The zero-order chi connectivity index (χ0) is 10.1. The molecule has 0 aromatic carbocycles. The number of thiophene rings is 1. The molecule has 2 aromatic rings. The van der Waals surface area contributed by atoms with Crippen LogP contribution >= 0.6 is 27.3 Å². The van der Waals surface area contributed by atoms with Gasteiger partial charge in [0.1, 0.15) is 10.5 Å². The van der Waals surface area contributed by atoms with Crippen LogP contribution in [0.4, 0.5) is 0 Å². The van der Waals surface area contributed by atoms with E-state index < -0.39 is 0 Å². The summed E-state index contributed by atoms with van der Waals surface area (Å²) in [6, 6.07) is 3.53. The number of hydrogen-bond acceptors (Lipinski definition) is 4. The molecule has 0 atom stereocenters. The highest BCUT2D eigenvalue weighted by Gasteiger charge is 2.13. The molecule has 2 aromatic heterocycles. The minimum atomic E-state index is -0.292. The number of rotatable bonds is 2. The number of carbonyl (C=O) groups is 1. The second kappa shape index (κ2) is 3.74. The summed E-state index contributed by atoms with van der Waals surface area (Å²) in [5.41, 5.74) is 0.713. The zero-order valence-electron chi connectivity index (χ0n) is 7.37. The molecule has 0 spiro atoms. The number of ether oxygens (including phenoxy) is 1. The summed E-state index contributed by atoms with van der Waals surface area (Å²) in [5, 5.41) is 0. The zero-order valence-corrected chi connectivity index (χ0v) is 9.78. The van der Waals surface area contributed by atoms with Gasteiger partial charge in [0.15, 0.2) is 4.67 Å². The van der Waals surface area contributed by atoms with Crippen molar-refractivity contribution in [3.05, 3.63) is 21.7 Å². The summed E-state index contributed by atoms with van der Waals surface area (Å²) in [6.45, 7) is 2.17. The summed E-state index contributed by atoms with van der Waals surface area (Å²) in [4.78, 5) is 11.9. The van der Waals surface area contributed by atoms with Crippen molar-refractivity contribution < 1.29 is 13.9 Å². The molecule has 0 saturated heterocycles. The van der Waals surface area contributed by atoms with Crippen molar-refractivity contribution in [3.8, 4) is 0 Å². The van der Waals surface area contributed by atoms with Gasteiger partial charge >= 0.3 is 5.97 Å². The molecule has 0 aliphatic heterocycles. The fourth-order valence-electron chi connectivity index (χ4n) is 1.11. The van der Waals surface area contributed by atoms with Gasteiger partial charge in [-0.2, -0.15) is 0 Å². The van der Waals surface area contributed by atoms with Gasteiger partial charge in [0.05, 0.1) is 11.3 Å². The third kappa shape index (κ3) is 1.69. The average molecular weight is 275 g/mol. The number of carbonyl (C=O) groups excluding carboxylic acids is 1. The third-order valence-electron chi connectivity index (χ3n) is 1.65. The van der Waals surface area contributed by atoms with Crippen molar-refractivity contribution in [2.24, 2.45) is 0 Å². The Morgan fingerprint density at radius 1 is 1.64 bits per heavy atom. The Balaban J connectivity index is 2.36. The van der Waals surface area contributed by atoms with Gasteiger partial charge in [-0.05, 0) is 22.9 Å². The molecule has 0 aliphatic rings. The number of esters is 1. The van der Waals surface area contributed by atoms with Crippen molar-refractivity contribution in [1.82, 2.24) is 0 Å². The van der Waals surface area contributed by atoms with Crippen LogP contribution in [0.5, 0.6) is 0 Å². The molecule has 74 valence electrons. The Kier molecular flexibility index (Phi) is 2.60. The molecule has 0 unspecified atom stereocenters. The molecule has 2 rings (SSSR count). The topological polar surface area (TPSA) is 39.4 Å². The van der Waals surface area contributed by atoms with Crippen LogP contribution in [0.3, 0.4) is 0 Å². The molecular formula is C9H7BrO3S. The number of halogens is 1. The lowest BCUT2D eigenvalue weighted by molar-refractivity contribution is 0.0532. The highest BCUT2D eigenvalue weighted by atomic mass is 79.9. The van der Waals surface area contributed by atoms with Crippen molar-refractivity contribution in [2.45, 2.75) is 6.92 Å². The highest BCUT2D eigenvalue weighted by Crippen LogP contribution is 2.31. The summed E-state index contributed by atoms with van der Waals surface area (Å²) in [5.74, 6) is -0.292. The van der Waals surface area contributed by atoms with E-state index in [1.54, 1.807) is 13.0 Å². The highest BCUT2D eigenvalue weighted by molar-refractivity contribution is 9.10. The van der Waals surface area contributed by atoms with E-state index in [1.807, 2.05) is 6.07 Å². The Labute approximate surface area is 92.8 Å². The first-order valence-electron chi connectivity index (χ1n) is 4.06. The van der Waals surface area contributed by atoms with E-state index in [1.165, 1.54) is 11.3 Å². The molecule has 0 fully saturated rings. The normalized spacial score (nSPS) is 10.7. The van der Waals surface area contributed by atoms with Crippen molar-refractivity contribution in [2.75, 3.05) is 6.61 Å². The molecular weight excluding hydrogens is 268 g/mol. The predicted molar refractivity (Wildman–Crippen MR) is 57.7 cm³/mol. The molecule has 0 amide bonds. The average Bonchev–Trinajstić information content (AvgIpc) is 2.61. The Hall–Kier alpha value is -0.810. The minimum absolute atomic E-state index is 0.292. The van der Waals surface area contributed by atoms with Crippen LogP contribution in [0.15, 0.2) is 21.2 Å². The first-order valence-corrected chi connectivity index (χ1v) is 5.67. The van der Waals surface area contributed by atoms with E-state index >= 15 is 0 Å². The van der Waals surface area contributed by atoms with E-state index in [4.69, 9.17) is 9.15 Å². The second-order valence-corrected chi connectivity index (χ2v) is 4.48. The Morgan fingerprint density at radius 2 is 2.43 bits per heavy atom. The number of furan rings is 1. The van der Waals surface area contributed by atoms with Crippen LogP contribution in [-0.2, 0) is 4.74 Å². The van der Waals surface area contributed by atoms with Crippen LogP contribution in [0, 0.1) is 0 Å². The Morgan fingerprint density at radius 3 is 3.07 bits per heavy atom. The quantitative estimate of drug-likeness (QED) is 0.788. The first kappa shape index (κ1) is 9.73. The summed E-state index contributed by atoms with van der Waals surface area (Å²) < 4.78 is 11.8. The lowest BCUT2D eigenvalue weighted by Crippen LogP contribution is -2.01. The summed E-state index contributed by atoms with van der Waals surface area (Å²) in [7, 11) is 0. The van der Waals surface area contributed by atoms with Crippen molar-refractivity contribution in [1.29, 1.82) is 0 Å². The van der Waals surface area contributed by atoms with Crippen molar-refractivity contribution >= 4 is 43.5 Å². The third-order valence-corrected chi connectivity index (χ3v) is 3.09. The number of hydrogen-bond donors (Lipinski definition) is 0. The molecule has 0 saturated carbocycles. The predicted octanol–water partition coefficient (Wildman–Crippen LogP) is 3.43. The molecule has 14 heavy (non-hydrogen) atoms. The smallest absolute Gasteiger partial charge is 0.348 e. The van der Waals surface area contributed by atoms with Gasteiger partial charge in [0, 0.05) is 12.1 Å². The SMILES string of the molecule is CCOC(=O)c1cc2oc(Br)cc2s1. The molecule has 0 aliphatic carbocycles. The van der Waals surface area contributed by atoms with Gasteiger partial charge < -0.3 is 9.15 Å². The van der Waals surface area contributed by atoms with Crippen LogP contribution in [0.2, 0.25) is 0 Å².